The average Bonchev–Trinajstić information content (AvgIpc) is 2.85. The van der Waals surface area contributed by atoms with E-state index < -0.39 is 0 Å². The van der Waals surface area contributed by atoms with Gasteiger partial charge in [0.1, 0.15) is 0 Å². The molecule has 0 aromatic carbocycles. The summed E-state index contributed by atoms with van der Waals surface area (Å²) in [7, 11) is 0. The van der Waals surface area contributed by atoms with Gasteiger partial charge in [0, 0.05) is 12.6 Å². The van der Waals surface area contributed by atoms with E-state index in [-0.39, 0.29) is 12.6 Å². The molecule has 0 spiro atoms. The second-order valence-corrected chi connectivity index (χ2v) is 3.78. The normalized spacial score (nSPS) is 17.1. The predicted molar refractivity (Wildman–Crippen MR) is 55.4 cm³/mol. The van der Waals surface area contributed by atoms with Gasteiger partial charge in [-0.2, -0.15) is 0 Å². The molecule has 0 radical (unpaired) electrons. The Balaban J connectivity index is 2.11. The first-order valence-electron chi connectivity index (χ1n) is 5.27. The molecule has 6 nitrogen and oxygen atoms in total. The number of rotatable bonds is 4. The van der Waals surface area contributed by atoms with Gasteiger partial charge in [-0.3, -0.25) is 0 Å². The van der Waals surface area contributed by atoms with E-state index >= 15 is 0 Å². The van der Waals surface area contributed by atoms with Crippen molar-refractivity contribution in [1.82, 2.24) is 10.2 Å². The van der Waals surface area contributed by atoms with Crippen molar-refractivity contribution in [3.8, 4) is 0 Å². The molecule has 1 aromatic heterocycles. The Morgan fingerprint density at radius 2 is 2.13 bits per heavy atom. The Hall–Kier alpha value is -1.30. The van der Waals surface area contributed by atoms with Crippen LogP contribution in [-0.2, 0) is 0 Å². The molecule has 6 heteroatoms. The van der Waals surface area contributed by atoms with Gasteiger partial charge in [0.2, 0.25) is 0 Å². The highest BCUT2D eigenvalue weighted by Crippen LogP contribution is 2.27. The quantitative estimate of drug-likeness (QED) is 0.750. The van der Waals surface area contributed by atoms with Crippen LogP contribution < -0.4 is 10.6 Å². The van der Waals surface area contributed by atoms with Gasteiger partial charge in [-0.05, 0) is 12.8 Å². The first-order chi connectivity index (χ1) is 7.31. The number of hydrogen-bond donors (Lipinski definition) is 2. The molecular formula is C9H16N4O2. The van der Waals surface area contributed by atoms with Crippen molar-refractivity contribution < 1.29 is 9.52 Å². The number of nitrogens with zero attached hydrogens (tertiary/aromatic N) is 3. The van der Waals surface area contributed by atoms with Crippen LogP contribution in [0, 0.1) is 0 Å². The van der Waals surface area contributed by atoms with Crippen LogP contribution in [0.3, 0.4) is 0 Å². The third-order valence-electron chi connectivity index (χ3n) is 2.78. The van der Waals surface area contributed by atoms with Crippen LogP contribution in [-0.4, -0.2) is 34.5 Å². The maximum atomic E-state index is 9.00. The van der Waals surface area contributed by atoms with Crippen molar-refractivity contribution in [3.63, 3.8) is 0 Å². The van der Waals surface area contributed by atoms with E-state index in [9.17, 15) is 0 Å². The second-order valence-electron chi connectivity index (χ2n) is 3.78. The van der Waals surface area contributed by atoms with Crippen molar-refractivity contribution in [2.75, 3.05) is 23.8 Å². The molecule has 0 aliphatic heterocycles. The zero-order valence-electron chi connectivity index (χ0n) is 8.59. The van der Waals surface area contributed by atoms with Gasteiger partial charge < -0.3 is 20.2 Å². The van der Waals surface area contributed by atoms with Crippen LogP contribution in [0.5, 0.6) is 0 Å². The van der Waals surface area contributed by atoms with Crippen LogP contribution in [0.25, 0.3) is 0 Å². The van der Waals surface area contributed by atoms with E-state index in [1.807, 2.05) is 4.90 Å². The zero-order chi connectivity index (χ0) is 10.7. The minimum Gasteiger partial charge on any atom is -0.395 e. The summed E-state index contributed by atoms with van der Waals surface area (Å²) in [6.07, 6.45) is 4.66. The molecule has 1 aromatic rings. The maximum absolute atomic E-state index is 9.00. The number of nitrogens with two attached hydrogens (primary N) is 1. The van der Waals surface area contributed by atoms with Crippen LogP contribution in [0.4, 0.5) is 12.0 Å². The third kappa shape index (κ3) is 2.20. The molecular weight excluding hydrogens is 196 g/mol. The first kappa shape index (κ1) is 10.2. The molecule has 1 aliphatic rings. The fourth-order valence-corrected chi connectivity index (χ4v) is 2.10. The summed E-state index contributed by atoms with van der Waals surface area (Å²) in [6, 6.07) is 0.899. The zero-order valence-corrected chi connectivity index (χ0v) is 8.59. The van der Waals surface area contributed by atoms with E-state index in [2.05, 4.69) is 10.2 Å². The fraction of sp³-hybridized carbons (Fsp3) is 0.778. The Morgan fingerprint density at radius 1 is 1.40 bits per heavy atom. The lowest BCUT2D eigenvalue weighted by Crippen LogP contribution is -2.35. The number of anilines is 2. The highest BCUT2D eigenvalue weighted by Gasteiger charge is 2.25. The number of aromatic nitrogens is 2. The minimum atomic E-state index is 0.0749. The standard InChI is InChI=1S/C9H16N4O2/c10-8-11-12-9(15-8)13(5-6-14)7-3-1-2-4-7/h7,14H,1-6H2,(H2,10,11). The Bertz CT molecular complexity index is 309. The topological polar surface area (TPSA) is 88.4 Å². The molecule has 1 saturated carbocycles. The van der Waals surface area contributed by atoms with Crippen LogP contribution >= 0.6 is 0 Å². The summed E-state index contributed by atoms with van der Waals surface area (Å²) in [5.74, 6) is 0. The molecule has 3 N–H and O–H groups in total. The lowest BCUT2D eigenvalue weighted by molar-refractivity contribution is 0.293. The van der Waals surface area contributed by atoms with E-state index in [1.165, 1.54) is 12.8 Å². The van der Waals surface area contributed by atoms with Crippen molar-refractivity contribution in [2.24, 2.45) is 0 Å². The first-order valence-corrected chi connectivity index (χ1v) is 5.27. The average molecular weight is 212 g/mol. The molecule has 84 valence electrons. The van der Waals surface area contributed by atoms with E-state index in [1.54, 1.807) is 0 Å². The van der Waals surface area contributed by atoms with Gasteiger partial charge in [-0.25, -0.2) is 0 Å². The number of hydrogen-bond acceptors (Lipinski definition) is 6. The van der Waals surface area contributed by atoms with E-state index in [0.29, 0.717) is 18.6 Å². The van der Waals surface area contributed by atoms with Gasteiger partial charge in [0.15, 0.2) is 0 Å². The molecule has 1 aliphatic carbocycles. The van der Waals surface area contributed by atoms with E-state index in [0.717, 1.165) is 12.8 Å². The lowest BCUT2D eigenvalue weighted by atomic mass is 10.2. The minimum absolute atomic E-state index is 0.0749. The summed E-state index contributed by atoms with van der Waals surface area (Å²) in [5, 5.41) is 16.5. The molecule has 1 fully saturated rings. The number of aliphatic hydroxyl groups is 1. The Kier molecular flexibility index (Phi) is 3.05. The van der Waals surface area contributed by atoms with Gasteiger partial charge in [0.05, 0.1) is 6.61 Å². The van der Waals surface area contributed by atoms with Crippen LogP contribution in [0.1, 0.15) is 25.7 Å². The molecule has 0 atom stereocenters. The largest absolute Gasteiger partial charge is 0.395 e. The summed E-state index contributed by atoms with van der Waals surface area (Å²) < 4.78 is 5.18. The van der Waals surface area contributed by atoms with Gasteiger partial charge in [0.25, 0.3) is 0 Å². The van der Waals surface area contributed by atoms with Crippen LogP contribution in [0.15, 0.2) is 4.42 Å². The van der Waals surface area contributed by atoms with Crippen LogP contribution in [0.2, 0.25) is 0 Å². The number of nitrogen functional groups attached to an aromatic ring is 1. The van der Waals surface area contributed by atoms with Gasteiger partial charge in [-0.15, -0.1) is 0 Å². The second kappa shape index (κ2) is 4.48. The summed E-state index contributed by atoms with van der Waals surface area (Å²) in [6.45, 7) is 0.602. The smallest absolute Gasteiger partial charge is 0.319 e. The summed E-state index contributed by atoms with van der Waals surface area (Å²) >= 11 is 0. The van der Waals surface area contributed by atoms with Gasteiger partial charge >= 0.3 is 12.0 Å². The van der Waals surface area contributed by atoms with Gasteiger partial charge in [-0.1, -0.05) is 23.0 Å². The Morgan fingerprint density at radius 3 is 2.67 bits per heavy atom. The summed E-state index contributed by atoms with van der Waals surface area (Å²) in [4.78, 5) is 1.95. The highest BCUT2D eigenvalue weighted by atomic mass is 16.4. The number of aliphatic hydroxyl groups excluding tert-OH is 1. The van der Waals surface area contributed by atoms with Crippen molar-refractivity contribution >= 4 is 12.0 Å². The molecule has 2 rings (SSSR count). The molecule has 0 bridgehead atoms. The van der Waals surface area contributed by atoms with Crippen molar-refractivity contribution in [3.05, 3.63) is 0 Å². The highest BCUT2D eigenvalue weighted by molar-refractivity contribution is 5.30. The molecule has 0 saturated heterocycles. The SMILES string of the molecule is Nc1nnc(N(CCO)C2CCCC2)o1. The maximum Gasteiger partial charge on any atom is 0.319 e. The molecule has 0 unspecified atom stereocenters. The van der Waals surface area contributed by atoms with E-state index in [4.69, 9.17) is 15.3 Å². The monoisotopic (exact) mass is 212 g/mol. The Labute approximate surface area is 88.1 Å². The van der Waals surface area contributed by atoms with Crippen molar-refractivity contribution in [1.29, 1.82) is 0 Å². The summed E-state index contributed by atoms with van der Waals surface area (Å²) in [5.41, 5.74) is 5.38. The molecule has 0 amide bonds. The molecule has 1 heterocycles. The third-order valence-corrected chi connectivity index (χ3v) is 2.78. The molecule has 15 heavy (non-hydrogen) atoms. The lowest BCUT2D eigenvalue weighted by Gasteiger charge is -2.25. The van der Waals surface area contributed by atoms with Crippen molar-refractivity contribution in [2.45, 2.75) is 31.7 Å². The predicted octanol–water partition coefficient (Wildman–Crippen LogP) is 0.393. The fourth-order valence-electron chi connectivity index (χ4n) is 2.10.